The van der Waals surface area contributed by atoms with E-state index in [-0.39, 0.29) is 18.8 Å². The molecule has 0 aliphatic carbocycles. The van der Waals surface area contributed by atoms with E-state index in [1.165, 1.54) is 23.9 Å². The van der Waals surface area contributed by atoms with Gasteiger partial charge in [-0.05, 0) is 50.6 Å². The maximum absolute atomic E-state index is 13.1. The molecule has 0 saturated heterocycles. The molecular weight excluding hydrogens is 393 g/mol. The summed E-state index contributed by atoms with van der Waals surface area (Å²) in [4.78, 5) is 25.3. The Kier molecular flexibility index (Phi) is 8.51. The van der Waals surface area contributed by atoms with Crippen LogP contribution >= 0.6 is 11.8 Å². The van der Waals surface area contributed by atoms with Gasteiger partial charge in [-0.2, -0.15) is 0 Å². The first-order valence-corrected chi connectivity index (χ1v) is 10.3. The molecular formula is C22H26FNO4S. The van der Waals surface area contributed by atoms with Crippen LogP contribution in [0.3, 0.4) is 0 Å². The summed E-state index contributed by atoms with van der Waals surface area (Å²) >= 11 is 1.41. The monoisotopic (exact) mass is 419 g/mol. The van der Waals surface area contributed by atoms with Crippen LogP contribution in [0.5, 0.6) is 0 Å². The fraction of sp³-hybridized carbons (Fsp3) is 0.364. The SMILES string of the molecule is CC(C)(C)OC(=O)N[C@H](CSc1ccc(F)cc1)CC(=O)OCc1ccccc1. The highest BCUT2D eigenvalue weighted by Crippen LogP contribution is 2.20. The van der Waals surface area contributed by atoms with Gasteiger partial charge in [-0.25, -0.2) is 9.18 Å². The minimum absolute atomic E-state index is 0.000269. The molecule has 7 heteroatoms. The highest BCUT2D eigenvalue weighted by atomic mass is 32.2. The van der Waals surface area contributed by atoms with Crippen LogP contribution in [-0.4, -0.2) is 29.5 Å². The first kappa shape index (κ1) is 22.7. The molecule has 156 valence electrons. The van der Waals surface area contributed by atoms with E-state index in [9.17, 15) is 14.0 Å². The first-order chi connectivity index (χ1) is 13.7. The smallest absolute Gasteiger partial charge is 0.407 e. The van der Waals surface area contributed by atoms with Crippen molar-refractivity contribution in [3.05, 3.63) is 66.0 Å². The van der Waals surface area contributed by atoms with E-state index in [1.54, 1.807) is 32.9 Å². The molecule has 5 nitrogen and oxygen atoms in total. The van der Waals surface area contributed by atoms with Gasteiger partial charge in [0.25, 0.3) is 0 Å². The lowest BCUT2D eigenvalue weighted by Gasteiger charge is -2.23. The van der Waals surface area contributed by atoms with Crippen molar-refractivity contribution < 1.29 is 23.5 Å². The molecule has 0 heterocycles. The van der Waals surface area contributed by atoms with Crippen molar-refractivity contribution in [2.75, 3.05) is 5.75 Å². The van der Waals surface area contributed by atoms with Crippen LogP contribution in [0, 0.1) is 5.82 Å². The number of ether oxygens (including phenoxy) is 2. The topological polar surface area (TPSA) is 64.6 Å². The highest BCUT2D eigenvalue weighted by molar-refractivity contribution is 7.99. The van der Waals surface area contributed by atoms with Gasteiger partial charge in [-0.15, -0.1) is 11.8 Å². The van der Waals surface area contributed by atoms with Gasteiger partial charge in [0.05, 0.1) is 12.5 Å². The Labute approximate surface area is 175 Å². The van der Waals surface area contributed by atoms with Gasteiger partial charge in [-0.1, -0.05) is 30.3 Å². The Morgan fingerprint density at radius 3 is 2.34 bits per heavy atom. The van der Waals surface area contributed by atoms with Gasteiger partial charge in [0, 0.05) is 10.6 Å². The van der Waals surface area contributed by atoms with E-state index in [1.807, 2.05) is 30.3 Å². The molecule has 2 rings (SSSR count). The Morgan fingerprint density at radius 1 is 1.07 bits per heavy atom. The number of hydrogen-bond donors (Lipinski definition) is 1. The predicted molar refractivity (Wildman–Crippen MR) is 111 cm³/mol. The van der Waals surface area contributed by atoms with Crippen LogP contribution in [0.4, 0.5) is 9.18 Å². The summed E-state index contributed by atoms with van der Waals surface area (Å²) in [6.07, 6.45) is -0.599. The molecule has 1 atom stereocenters. The predicted octanol–water partition coefficient (Wildman–Crippen LogP) is 4.94. The second kappa shape index (κ2) is 10.9. The molecule has 1 amide bonds. The summed E-state index contributed by atoms with van der Waals surface area (Å²) < 4.78 is 23.7. The number of hydrogen-bond acceptors (Lipinski definition) is 5. The third-order valence-electron chi connectivity index (χ3n) is 3.64. The lowest BCUT2D eigenvalue weighted by Crippen LogP contribution is -2.41. The van der Waals surface area contributed by atoms with Crippen molar-refractivity contribution in [2.45, 2.75) is 50.3 Å². The molecule has 2 aromatic carbocycles. The van der Waals surface area contributed by atoms with Crippen molar-refractivity contribution in [1.29, 1.82) is 0 Å². The van der Waals surface area contributed by atoms with Crippen molar-refractivity contribution in [3.8, 4) is 0 Å². The molecule has 0 fully saturated rings. The molecule has 29 heavy (non-hydrogen) atoms. The average molecular weight is 420 g/mol. The molecule has 0 aromatic heterocycles. The highest BCUT2D eigenvalue weighted by Gasteiger charge is 2.22. The van der Waals surface area contributed by atoms with E-state index in [2.05, 4.69) is 5.32 Å². The second-order valence-electron chi connectivity index (χ2n) is 7.46. The van der Waals surface area contributed by atoms with Gasteiger partial charge >= 0.3 is 12.1 Å². The first-order valence-electron chi connectivity index (χ1n) is 9.29. The maximum atomic E-state index is 13.1. The van der Waals surface area contributed by atoms with E-state index in [0.29, 0.717) is 5.75 Å². The summed E-state index contributed by atoms with van der Waals surface area (Å²) in [6.45, 7) is 5.47. The molecule has 0 radical (unpaired) electrons. The summed E-state index contributed by atoms with van der Waals surface area (Å²) in [7, 11) is 0. The number of alkyl carbamates (subject to hydrolysis) is 1. The fourth-order valence-electron chi connectivity index (χ4n) is 2.35. The molecule has 0 aliphatic heterocycles. The number of halogens is 1. The van der Waals surface area contributed by atoms with E-state index in [0.717, 1.165) is 10.5 Å². The van der Waals surface area contributed by atoms with Gasteiger partial charge in [-0.3, -0.25) is 4.79 Å². The number of carbonyl (C=O) groups is 2. The van der Waals surface area contributed by atoms with Crippen molar-refractivity contribution in [1.82, 2.24) is 5.32 Å². The number of amides is 1. The van der Waals surface area contributed by atoms with Gasteiger partial charge in [0.15, 0.2) is 0 Å². The average Bonchev–Trinajstić information content (AvgIpc) is 2.65. The number of nitrogens with one attached hydrogen (secondary N) is 1. The van der Waals surface area contributed by atoms with Crippen molar-refractivity contribution >= 4 is 23.8 Å². The van der Waals surface area contributed by atoms with Gasteiger partial charge in [0.2, 0.25) is 0 Å². The zero-order valence-electron chi connectivity index (χ0n) is 16.8. The lowest BCUT2D eigenvalue weighted by molar-refractivity contribution is -0.145. The Bertz CT molecular complexity index is 791. The van der Waals surface area contributed by atoms with E-state index >= 15 is 0 Å². The summed E-state index contributed by atoms with van der Waals surface area (Å²) in [6, 6.07) is 14.9. The standard InChI is InChI=1S/C22H26FNO4S/c1-22(2,3)28-21(26)24-18(15-29-19-11-9-17(23)10-12-19)13-20(25)27-14-16-7-5-4-6-8-16/h4-12,18H,13-15H2,1-3H3,(H,24,26)/t18-/m0/s1. The van der Waals surface area contributed by atoms with Gasteiger partial charge < -0.3 is 14.8 Å². The van der Waals surface area contributed by atoms with Crippen LogP contribution in [0.25, 0.3) is 0 Å². The zero-order chi connectivity index (χ0) is 21.3. The minimum Gasteiger partial charge on any atom is -0.461 e. The molecule has 0 unspecified atom stereocenters. The Morgan fingerprint density at radius 2 is 1.72 bits per heavy atom. The molecule has 0 spiro atoms. The van der Waals surface area contributed by atoms with Crippen LogP contribution < -0.4 is 5.32 Å². The lowest BCUT2D eigenvalue weighted by atomic mass is 10.2. The fourth-order valence-corrected chi connectivity index (χ4v) is 3.28. The maximum Gasteiger partial charge on any atom is 0.407 e. The zero-order valence-corrected chi connectivity index (χ0v) is 17.6. The van der Waals surface area contributed by atoms with Crippen LogP contribution in [-0.2, 0) is 20.9 Å². The third kappa shape index (κ3) is 9.47. The third-order valence-corrected chi connectivity index (χ3v) is 4.82. The summed E-state index contributed by atoms with van der Waals surface area (Å²) in [5.74, 6) is -0.331. The van der Waals surface area contributed by atoms with E-state index < -0.39 is 23.7 Å². The van der Waals surface area contributed by atoms with Crippen LogP contribution in [0.1, 0.15) is 32.8 Å². The number of rotatable bonds is 8. The molecule has 1 N–H and O–H groups in total. The second-order valence-corrected chi connectivity index (χ2v) is 8.55. The molecule has 0 bridgehead atoms. The number of benzene rings is 2. The Balaban J connectivity index is 1.93. The molecule has 0 saturated carbocycles. The quantitative estimate of drug-likeness (QED) is 0.485. The van der Waals surface area contributed by atoms with Crippen molar-refractivity contribution in [3.63, 3.8) is 0 Å². The van der Waals surface area contributed by atoms with Gasteiger partial charge in [0.1, 0.15) is 18.0 Å². The number of esters is 1. The van der Waals surface area contributed by atoms with Crippen LogP contribution in [0.2, 0.25) is 0 Å². The van der Waals surface area contributed by atoms with Crippen LogP contribution in [0.15, 0.2) is 59.5 Å². The molecule has 0 aliphatic rings. The normalized spacial score (nSPS) is 12.1. The number of thioether (sulfide) groups is 1. The Hall–Kier alpha value is -2.54. The largest absolute Gasteiger partial charge is 0.461 e. The number of carbonyl (C=O) groups excluding carboxylic acids is 2. The summed E-state index contributed by atoms with van der Waals surface area (Å²) in [5.41, 5.74) is 0.241. The van der Waals surface area contributed by atoms with Crippen molar-refractivity contribution in [2.24, 2.45) is 0 Å². The summed E-state index contributed by atoms with van der Waals surface area (Å²) in [5, 5.41) is 2.73. The minimum atomic E-state index is -0.646. The molecule has 2 aromatic rings. The van der Waals surface area contributed by atoms with E-state index in [4.69, 9.17) is 9.47 Å².